The lowest BCUT2D eigenvalue weighted by atomic mass is 10.1. The van der Waals surface area contributed by atoms with E-state index in [1.807, 2.05) is 49.4 Å². The predicted octanol–water partition coefficient (Wildman–Crippen LogP) is 4.89. The van der Waals surface area contributed by atoms with Gasteiger partial charge in [0.25, 0.3) is 0 Å². The molecule has 1 aliphatic carbocycles. The molecule has 150 valence electrons. The molecule has 0 bridgehead atoms. The number of anilines is 1. The topological polar surface area (TPSA) is 59.8 Å². The van der Waals surface area contributed by atoms with Crippen LogP contribution in [0, 0.1) is 0 Å². The van der Waals surface area contributed by atoms with Gasteiger partial charge < -0.3 is 9.88 Å². The Morgan fingerprint density at radius 1 is 1.10 bits per heavy atom. The van der Waals surface area contributed by atoms with E-state index >= 15 is 0 Å². The Morgan fingerprint density at radius 2 is 1.83 bits per heavy atom. The Kier molecular flexibility index (Phi) is 6.00. The molecule has 1 aliphatic rings. The molecule has 1 unspecified atom stereocenters. The van der Waals surface area contributed by atoms with Gasteiger partial charge in [-0.15, -0.1) is 10.2 Å². The summed E-state index contributed by atoms with van der Waals surface area (Å²) in [6, 6.07) is 18.3. The van der Waals surface area contributed by atoms with Crippen LogP contribution in [0.25, 0.3) is 0 Å². The fraction of sp³-hybridized carbons (Fsp3) is 0.348. The van der Waals surface area contributed by atoms with Crippen molar-refractivity contribution < 1.29 is 4.79 Å². The van der Waals surface area contributed by atoms with E-state index in [1.165, 1.54) is 35.7 Å². The summed E-state index contributed by atoms with van der Waals surface area (Å²) in [6.45, 7) is 4.77. The van der Waals surface area contributed by atoms with Crippen LogP contribution in [0.3, 0.4) is 0 Å². The molecule has 1 saturated carbocycles. The van der Waals surface area contributed by atoms with Crippen LogP contribution in [0.5, 0.6) is 0 Å². The molecule has 1 heterocycles. The number of carbonyl (C=O) groups excluding carboxylic acids is 1. The number of aryl methyl sites for hydroxylation is 1. The highest BCUT2D eigenvalue weighted by Crippen LogP contribution is 2.40. The number of rotatable bonds is 8. The molecule has 29 heavy (non-hydrogen) atoms. The van der Waals surface area contributed by atoms with Crippen LogP contribution >= 0.6 is 11.8 Å². The SMILES string of the molecule is CCc1ccc(NC(=O)C(C)Sc2nnc(C3CC3)n2Cc2ccccc2)cc1. The Bertz CT molecular complexity index is 964. The van der Waals surface area contributed by atoms with Gasteiger partial charge in [-0.2, -0.15) is 0 Å². The predicted molar refractivity (Wildman–Crippen MR) is 117 cm³/mol. The second kappa shape index (κ2) is 8.82. The van der Waals surface area contributed by atoms with E-state index in [0.717, 1.165) is 29.6 Å². The number of carbonyl (C=O) groups is 1. The van der Waals surface area contributed by atoms with Gasteiger partial charge in [-0.1, -0.05) is 61.2 Å². The van der Waals surface area contributed by atoms with Crippen molar-refractivity contribution in [3.8, 4) is 0 Å². The van der Waals surface area contributed by atoms with E-state index in [2.05, 4.69) is 39.1 Å². The van der Waals surface area contributed by atoms with E-state index in [9.17, 15) is 4.79 Å². The molecule has 3 aromatic rings. The van der Waals surface area contributed by atoms with Gasteiger partial charge in [0.15, 0.2) is 5.16 Å². The van der Waals surface area contributed by atoms with Gasteiger partial charge in [0.05, 0.1) is 11.8 Å². The lowest BCUT2D eigenvalue weighted by molar-refractivity contribution is -0.115. The fourth-order valence-electron chi connectivity index (χ4n) is 3.22. The van der Waals surface area contributed by atoms with E-state index in [4.69, 9.17) is 0 Å². The quantitative estimate of drug-likeness (QED) is 0.541. The third kappa shape index (κ3) is 4.88. The van der Waals surface area contributed by atoms with Crippen LogP contribution in [0.2, 0.25) is 0 Å². The molecule has 1 fully saturated rings. The van der Waals surface area contributed by atoms with Crippen LogP contribution in [0.1, 0.15) is 49.6 Å². The van der Waals surface area contributed by atoms with Crippen LogP contribution in [0.4, 0.5) is 5.69 Å². The lowest BCUT2D eigenvalue weighted by Gasteiger charge is -2.14. The Balaban J connectivity index is 1.47. The number of nitrogens with one attached hydrogen (secondary N) is 1. The molecule has 0 spiro atoms. The number of nitrogens with zero attached hydrogens (tertiary/aromatic N) is 3. The number of hydrogen-bond donors (Lipinski definition) is 1. The average Bonchev–Trinajstić information content (AvgIpc) is 3.52. The molecule has 2 aromatic carbocycles. The molecule has 1 aromatic heterocycles. The standard InChI is InChI=1S/C23H26N4OS/c1-3-17-9-13-20(14-10-17)24-22(28)16(2)29-23-26-25-21(19-11-12-19)27(23)15-18-7-5-4-6-8-18/h4-10,13-14,16,19H,3,11-12,15H2,1-2H3,(H,24,28). The Labute approximate surface area is 175 Å². The van der Waals surface area contributed by atoms with Gasteiger partial charge in [-0.05, 0) is 49.4 Å². The highest BCUT2D eigenvalue weighted by Gasteiger charge is 2.31. The van der Waals surface area contributed by atoms with Crippen molar-refractivity contribution in [2.75, 3.05) is 5.32 Å². The summed E-state index contributed by atoms with van der Waals surface area (Å²) < 4.78 is 2.18. The first kappa shape index (κ1) is 19.7. The first-order chi connectivity index (χ1) is 14.1. The summed E-state index contributed by atoms with van der Waals surface area (Å²) in [5, 5.41) is 12.4. The van der Waals surface area contributed by atoms with E-state index in [0.29, 0.717) is 5.92 Å². The molecule has 4 rings (SSSR count). The summed E-state index contributed by atoms with van der Waals surface area (Å²) in [6.07, 6.45) is 3.32. The molecule has 0 radical (unpaired) electrons. The first-order valence-corrected chi connectivity index (χ1v) is 11.1. The van der Waals surface area contributed by atoms with Crippen LogP contribution in [0.15, 0.2) is 59.8 Å². The second-order valence-electron chi connectivity index (χ2n) is 7.49. The molecule has 1 N–H and O–H groups in total. The second-order valence-corrected chi connectivity index (χ2v) is 8.79. The van der Waals surface area contributed by atoms with E-state index in [1.54, 1.807) is 0 Å². The molecule has 5 nitrogen and oxygen atoms in total. The van der Waals surface area contributed by atoms with Crippen molar-refractivity contribution in [2.45, 2.75) is 56.0 Å². The van der Waals surface area contributed by atoms with Gasteiger partial charge in [-0.3, -0.25) is 4.79 Å². The van der Waals surface area contributed by atoms with Crippen molar-refractivity contribution >= 4 is 23.4 Å². The van der Waals surface area contributed by atoms with Crippen molar-refractivity contribution in [1.29, 1.82) is 0 Å². The number of benzene rings is 2. The lowest BCUT2D eigenvalue weighted by Crippen LogP contribution is -2.23. The number of aromatic nitrogens is 3. The normalized spacial score (nSPS) is 14.6. The minimum absolute atomic E-state index is 0.0264. The molecular weight excluding hydrogens is 380 g/mol. The molecule has 6 heteroatoms. The third-order valence-electron chi connectivity index (χ3n) is 5.15. The third-order valence-corrected chi connectivity index (χ3v) is 6.23. The monoisotopic (exact) mass is 406 g/mol. The smallest absolute Gasteiger partial charge is 0.237 e. The highest BCUT2D eigenvalue weighted by atomic mass is 32.2. The fourth-order valence-corrected chi connectivity index (χ4v) is 4.08. The van der Waals surface area contributed by atoms with Gasteiger partial charge in [0, 0.05) is 11.6 Å². The van der Waals surface area contributed by atoms with Crippen molar-refractivity contribution in [3.63, 3.8) is 0 Å². The zero-order valence-electron chi connectivity index (χ0n) is 16.8. The molecule has 1 amide bonds. The van der Waals surface area contributed by atoms with Gasteiger partial charge in [0.2, 0.25) is 5.91 Å². The minimum Gasteiger partial charge on any atom is -0.325 e. The largest absolute Gasteiger partial charge is 0.325 e. The number of thioether (sulfide) groups is 1. The number of amides is 1. The number of hydrogen-bond acceptors (Lipinski definition) is 4. The Morgan fingerprint density at radius 3 is 2.48 bits per heavy atom. The zero-order chi connectivity index (χ0) is 20.2. The average molecular weight is 407 g/mol. The molecular formula is C23H26N4OS. The van der Waals surface area contributed by atoms with Crippen LogP contribution in [-0.2, 0) is 17.8 Å². The maximum atomic E-state index is 12.7. The maximum absolute atomic E-state index is 12.7. The summed E-state index contributed by atoms with van der Waals surface area (Å²) in [4.78, 5) is 12.7. The van der Waals surface area contributed by atoms with Gasteiger partial charge in [0.1, 0.15) is 5.82 Å². The molecule has 1 atom stereocenters. The van der Waals surface area contributed by atoms with Crippen LogP contribution in [-0.4, -0.2) is 25.9 Å². The van der Waals surface area contributed by atoms with Crippen molar-refractivity contribution in [3.05, 3.63) is 71.5 Å². The maximum Gasteiger partial charge on any atom is 0.237 e. The first-order valence-electron chi connectivity index (χ1n) is 10.2. The Hall–Kier alpha value is -2.60. The van der Waals surface area contributed by atoms with Crippen LogP contribution < -0.4 is 5.32 Å². The van der Waals surface area contributed by atoms with Gasteiger partial charge in [-0.25, -0.2) is 0 Å². The summed E-state index contributed by atoms with van der Waals surface area (Å²) in [7, 11) is 0. The molecule has 0 aliphatic heterocycles. The summed E-state index contributed by atoms with van der Waals surface area (Å²) >= 11 is 1.47. The summed E-state index contributed by atoms with van der Waals surface area (Å²) in [5.74, 6) is 1.52. The van der Waals surface area contributed by atoms with Gasteiger partial charge >= 0.3 is 0 Å². The van der Waals surface area contributed by atoms with E-state index in [-0.39, 0.29) is 11.2 Å². The van der Waals surface area contributed by atoms with Crippen molar-refractivity contribution in [2.24, 2.45) is 0 Å². The van der Waals surface area contributed by atoms with E-state index < -0.39 is 0 Å². The minimum atomic E-state index is -0.272. The summed E-state index contributed by atoms with van der Waals surface area (Å²) in [5.41, 5.74) is 3.29. The van der Waals surface area contributed by atoms with Crippen molar-refractivity contribution in [1.82, 2.24) is 14.8 Å². The zero-order valence-corrected chi connectivity index (χ0v) is 17.7. The highest BCUT2D eigenvalue weighted by molar-refractivity contribution is 8.00. The molecule has 0 saturated heterocycles.